The van der Waals surface area contributed by atoms with Crippen molar-refractivity contribution >= 4 is 39.1 Å². The van der Waals surface area contributed by atoms with Gasteiger partial charge in [0, 0.05) is 24.2 Å². The van der Waals surface area contributed by atoms with E-state index in [0.29, 0.717) is 24.4 Å². The maximum atomic E-state index is 12.9. The number of sulfonamides is 1. The average Bonchev–Trinajstić information content (AvgIpc) is 2.57. The van der Waals surface area contributed by atoms with Crippen molar-refractivity contribution in [1.29, 1.82) is 0 Å². The van der Waals surface area contributed by atoms with Crippen molar-refractivity contribution in [1.82, 2.24) is 9.62 Å². The first kappa shape index (κ1) is 20.5. The number of hydrogen-bond acceptors (Lipinski definition) is 3. The Balaban J connectivity index is 2.14. The number of piperidine rings is 1. The van der Waals surface area contributed by atoms with Gasteiger partial charge in [-0.05, 0) is 44.4 Å². The van der Waals surface area contributed by atoms with E-state index < -0.39 is 10.0 Å². The molecule has 8 heteroatoms. The van der Waals surface area contributed by atoms with E-state index in [-0.39, 0.29) is 34.3 Å². The third-order valence-electron chi connectivity index (χ3n) is 4.38. The molecule has 1 N–H and O–H groups in total. The van der Waals surface area contributed by atoms with Crippen LogP contribution in [0, 0.1) is 5.92 Å². The minimum absolute atomic E-state index is 0.0120. The Morgan fingerprint density at radius 2 is 2.12 bits per heavy atom. The van der Waals surface area contributed by atoms with Crippen LogP contribution in [0.4, 0.5) is 0 Å². The Morgan fingerprint density at radius 1 is 1.40 bits per heavy atom. The van der Waals surface area contributed by atoms with Gasteiger partial charge in [-0.2, -0.15) is 4.31 Å². The monoisotopic (exact) mass is 406 g/mol. The Labute approximate surface area is 159 Å². The Bertz CT molecular complexity index is 725. The molecule has 25 heavy (non-hydrogen) atoms. The van der Waals surface area contributed by atoms with Gasteiger partial charge in [-0.25, -0.2) is 8.42 Å². The van der Waals surface area contributed by atoms with Crippen LogP contribution in [-0.2, 0) is 14.8 Å². The zero-order valence-electron chi connectivity index (χ0n) is 14.5. The smallest absolute Gasteiger partial charge is 0.244 e. The first-order chi connectivity index (χ1) is 11.8. The molecular formula is C17H24Cl2N2O3S. The van der Waals surface area contributed by atoms with E-state index >= 15 is 0 Å². The average molecular weight is 407 g/mol. The number of nitrogens with zero attached hydrogens (tertiary/aromatic N) is 1. The van der Waals surface area contributed by atoms with Gasteiger partial charge >= 0.3 is 0 Å². The van der Waals surface area contributed by atoms with Gasteiger partial charge in [0.05, 0.1) is 10.9 Å². The highest BCUT2D eigenvalue weighted by atomic mass is 35.5. The molecule has 5 nitrogen and oxygen atoms in total. The summed E-state index contributed by atoms with van der Waals surface area (Å²) in [5, 5.41) is 3.42. The van der Waals surface area contributed by atoms with Gasteiger partial charge in [-0.3, -0.25) is 4.79 Å². The van der Waals surface area contributed by atoms with Gasteiger partial charge < -0.3 is 5.32 Å². The number of rotatable bonds is 6. The summed E-state index contributed by atoms with van der Waals surface area (Å²) in [6.07, 6.45) is 3.20. The number of nitrogens with one attached hydrogen (secondary N) is 1. The second kappa shape index (κ2) is 8.71. The van der Waals surface area contributed by atoms with E-state index in [1.54, 1.807) is 6.07 Å². The summed E-state index contributed by atoms with van der Waals surface area (Å²) < 4.78 is 27.1. The molecular weight excluding hydrogens is 383 g/mol. The van der Waals surface area contributed by atoms with E-state index in [2.05, 4.69) is 12.2 Å². The number of halogens is 2. The normalized spacial score (nSPS) is 20.2. The molecule has 1 aromatic carbocycles. The van der Waals surface area contributed by atoms with Crippen molar-refractivity contribution in [2.75, 3.05) is 13.1 Å². The van der Waals surface area contributed by atoms with Crippen LogP contribution < -0.4 is 5.32 Å². The fourth-order valence-electron chi connectivity index (χ4n) is 3.05. The van der Waals surface area contributed by atoms with E-state index in [4.69, 9.17) is 23.2 Å². The highest BCUT2D eigenvalue weighted by Gasteiger charge is 2.34. The second-order valence-corrected chi connectivity index (χ2v) is 9.23. The van der Waals surface area contributed by atoms with E-state index in [0.717, 1.165) is 12.8 Å². The van der Waals surface area contributed by atoms with Crippen LogP contribution in [0.1, 0.15) is 39.5 Å². The van der Waals surface area contributed by atoms with Crippen LogP contribution in [0.15, 0.2) is 23.1 Å². The SMILES string of the molecule is CCC[C@@H](C)NC(=O)[C@H]1CCCN(S(=O)(=O)c2cc(Cl)ccc2Cl)C1. The number of hydrogen-bond donors (Lipinski definition) is 1. The van der Waals surface area contributed by atoms with Gasteiger partial charge in [0.25, 0.3) is 0 Å². The fourth-order valence-corrected chi connectivity index (χ4v) is 5.32. The van der Waals surface area contributed by atoms with Gasteiger partial charge in [-0.15, -0.1) is 0 Å². The molecule has 1 saturated heterocycles. The lowest BCUT2D eigenvalue weighted by Gasteiger charge is -2.32. The number of carbonyl (C=O) groups excluding carboxylic acids is 1. The largest absolute Gasteiger partial charge is 0.353 e. The van der Waals surface area contributed by atoms with Gasteiger partial charge in [0.1, 0.15) is 4.90 Å². The summed E-state index contributed by atoms with van der Waals surface area (Å²) in [7, 11) is -3.78. The second-order valence-electron chi connectivity index (χ2n) is 6.48. The lowest BCUT2D eigenvalue weighted by Crippen LogP contribution is -2.47. The summed E-state index contributed by atoms with van der Waals surface area (Å²) >= 11 is 12.0. The van der Waals surface area contributed by atoms with Crippen molar-refractivity contribution in [3.63, 3.8) is 0 Å². The molecule has 1 heterocycles. The highest BCUT2D eigenvalue weighted by Crippen LogP contribution is 2.30. The zero-order valence-corrected chi connectivity index (χ0v) is 16.8. The number of amides is 1. The quantitative estimate of drug-likeness (QED) is 0.782. The van der Waals surface area contributed by atoms with Crippen LogP contribution in [0.2, 0.25) is 10.0 Å². The summed E-state index contributed by atoms with van der Waals surface area (Å²) in [5.41, 5.74) is 0. The molecule has 1 amide bonds. The summed E-state index contributed by atoms with van der Waals surface area (Å²) in [6.45, 7) is 4.56. The molecule has 0 radical (unpaired) electrons. The lowest BCUT2D eigenvalue weighted by atomic mass is 9.98. The summed E-state index contributed by atoms with van der Waals surface area (Å²) in [4.78, 5) is 12.4. The Kier molecular flexibility index (Phi) is 7.14. The van der Waals surface area contributed by atoms with E-state index in [1.165, 1.54) is 16.4 Å². The molecule has 0 aliphatic carbocycles. The molecule has 140 valence electrons. The van der Waals surface area contributed by atoms with Crippen LogP contribution in [-0.4, -0.2) is 37.8 Å². The molecule has 1 aliphatic heterocycles. The van der Waals surface area contributed by atoms with Crippen molar-refractivity contribution < 1.29 is 13.2 Å². The predicted molar refractivity (Wildman–Crippen MR) is 100 cm³/mol. The van der Waals surface area contributed by atoms with E-state index in [1.807, 2.05) is 6.92 Å². The first-order valence-corrected chi connectivity index (χ1v) is 10.7. The van der Waals surface area contributed by atoms with Crippen molar-refractivity contribution in [3.05, 3.63) is 28.2 Å². The third kappa shape index (κ3) is 5.09. The van der Waals surface area contributed by atoms with Crippen LogP contribution in [0.3, 0.4) is 0 Å². The van der Waals surface area contributed by atoms with Crippen LogP contribution >= 0.6 is 23.2 Å². The van der Waals surface area contributed by atoms with Gasteiger partial charge in [-0.1, -0.05) is 36.5 Å². The summed E-state index contributed by atoms with van der Waals surface area (Å²) in [6, 6.07) is 4.46. The summed E-state index contributed by atoms with van der Waals surface area (Å²) in [5.74, 6) is -0.432. The predicted octanol–water partition coefficient (Wildman–Crippen LogP) is 3.70. The maximum Gasteiger partial charge on any atom is 0.244 e. The Morgan fingerprint density at radius 3 is 2.80 bits per heavy atom. The molecule has 1 aliphatic rings. The molecule has 2 rings (SSSR count). The third-order valence-corrected chi connectivity index (χ3v) is 6.96. The van der Waals surface area contributed by atoms with Crippen molar-refractivity contribution in [3.8, 4) is 0 Å². The number of carbonyl (C=O) groups is 1. The van der Waals surface area contributed by atoms with Crippen molar-refractivity contribution in [2.24, 2.45) is 5.92 Å². The molecule has 0 saturated carbocycles. The van der Waals surface area contributed by atoms with Gasteiger partial charge in [0.15, 0.2) is 0 Å². The number of benzene rings is 1. The minimum atomic E-state index is -3.78. The van der Waals surface area contributed by atoms with Crippen LogP contribution in [0.25, 0.3) is 0 Å². The molecule has 1 fully saturated rings. The first-order valence-electron chi connectivity index (χ1n) is 8.51. The lowest BCUT2D eigenvalue weighted by molar-refractivity contribution is -0.126. The standard InChI is InChI=1S/C17H24Cl2N2O3S/c1-3-5-12(2)20-17(22)13-6-4-9-21(11-13)25(23,24)16-10-14(18)7-8-15(16)19/h7-8,10,12-13H,3-6,9,11H2,1-2H3,(H,20,22)/t12-,13+/m1/s1. The molecule has 0 aromatic heterocycles. The zero-order chi connectivity index (χ0) is 18.6. The van der Waals surface area contributed by atoms with Gasteiger partial charge in [0.2, 0.25) is 15.9 Å². The van der Waals surface area contributed by atoms with Crippen LogP contribution in [0.5, 0.6) is 0 Å². The molecule has 0 bridgehead atoms. The topological polar surface area (TPSA) is 66.5 Å². The van der Waals surface area contributed by atoms with E-state index in [9.17, 15) is 13.2 Å². The minimum Gasteiger partial charge on any atom is -0.353 e. The molecule has 0 unspecified atom stereocenters. The maximum absolute atomic E-state index is 12.9. The highest BCUT2D eigenvalue weighted by molar-refractivity contribution is 7.89. The fraction of sp³-hybridized carbons (Fsp3) is 0.588. The Hall–Kier alpha value is -0.820. The molecule has 2 atom stereocenters. The van der Waals surface area contributed by atoms with Crippen molar-refractivity contribution in [2.45, 2.75) is 50.5 Å². The molecule has 1 aromatic rings. The molecule has 0 spiro atoms.